The van der Waals surface area contributed by atoms with Crippen molar-refractivity contribution in [1.29, 1.82) is 0 Å². The Kier molecular flexibility index (Phi) is 11.3. The van der Waals surface area contributed by atoms with Gasteiger partial charge in [-0.05, 0) is 0 Å². The average molecular weight is 282 g/mol. The first-order valence-electron chi connectivity index (χ1n) is 7.12. The number of hydrazone groups is 2. The summed E-state index contributed by atoms with van der Waals surface area (Å²) in [6.07, 6.45) is 7.68. The van der Waals surface area contributed by atoms with Gasteiger partial charge in [-0.25, -0.2) is 0 Å². The Balaban J connectivity index is 0.000000133. The molecule has 0 aromatic rings. The van der Waals surface area contributed by atoms with Gasteiger partial charge < -0.3 is 26.8 Å². The van der Waals surface area contributed by atoms with E-state index in [-0.39, 0.29) is 0 Å². The fraction of sp³-hybridized carbons (Fsp3) is 0.750. The van der Waals surface area contributed by atoms with E-state index < -0.39 is 0 Å². The average Bonchev–Trinajstić information content (AvgIpc) is 3.40. The van der Waals surface area contributed by atoms with Crippen molar-refractivity contribution in [3.05, 3.63) is 0 Å². The van der Waals surface area contributed by atoms with Crippen LogP contribution < -0.4 is 26.8 Å². The molecule has 8 heteroatoms. The lowest BCUT2D eigenvalue weighted by Gasteiger charge is -1.77. The molecule has 0 spiro atoms. The SMILES string of the molecule is C1=NCCN1.C1=NNCC1.C1=NNCC1.C1CNCN1. The third kappa shape index (κ3) is 11.4. The molecule has 0 aliphatic carbocycles. The van der Waals surface area contributed by atoms with Gasteiger partial charge in [0, 0.05) is 64.7 Å². The zero-order valence-electron chi connectivity index (χ0n) is 11.9. The third-order valence-electron chi connectivity index (χ3n) is 2.43. The standard InChI is InChI=1S/C3H8N2.3C3H6N2/c2*1-2-5-3-4-1;2*1-2-4-5-3-1/h4-5H,1-3H2;3H,1-2H2,(H,4,5);2*2,5H,1,3H2. The van der Waals surface area contributed by atoms with Gasteiger partial charge in [0.15, 0.2) is 0 Å². The van der Waals surface area contributed by atoms with Gasteiger partial charge in [-0.1, -0.05) is 0 Å². The number of nitrogens with one attached hydrogen (secondary N) is 5. The molecule has 4 heterocycles. The summed E-state index contributed by atoms with van der Waals surface area (Å²) in [6, 6.07) is 0. The highest BCUT2D eigenvalue weighted by Crippen LogP contribution is 1.76. The Morgan fingerprint density at radius 3 is 1.55 bits per heavy atom. The number of rotatable bonds is 0. The van der Waals surface area contributed by atoms with E-state index in [1.165, 1.54) is 0 Å². The van der Waals surface area contributed by atoms with E-state index in [1.54, 1.807) is 6.34 Å². The highest BCUT2D eigenvalue weighted by Gasteiger charge is 1.90. The number of nitrogens with zero attached hydrogens (tertiary/aromatic N) is 3. The second kappa shape index (κ2) is 13.8. The van der Waals surface area contributed by atoms with Crippen LogP contribution in [0.4, 0.5) is 0 Å². The lowest BCUT2D eigenvalue weighted by Crippen LogP contribution is -2.11. The van der Waals surface area contributed by atoms with Crippen molar-refractivity contribution in [2.75, 3.05) is 45.9 Å². The van der Waals surface area contributed by atoms with Crippen molar-refractivity contribution >= 4 is 18.8 Å². The van der Waals surface area contributed by atoms with Gasteiger partial charge in [0.2, 0.25) is 0 Å². The number of hydrogen-bond donors (Lipinski definition) is 5. The van der Waals surface area contributed by atoms with Crippen LogP contribution in [-0.4, -0.2) is 64.7 Å². The second-order valence-electron chi connectivity index (χ2n) is 4.18. The molecule has 0 saturated carbocycles. The number of aliphatic imine (C=N–C) groups is 1. The summed E-state index contributed by atoms with van der Waals surface area (Å²) in [4.78, 5) is 3.85. The zero-order chi connectivity index (χ0) is 14.1. The van der Waals surface area contributed by atoms with Gasteiger partial charge in [-0.2, -0.15) is 10.2 Å². The molecule has 8 nitrogen and oxygen atoms in total. The molecule has 0 unspecified atom stereocenters. The van der Waals surface area contributed by atoms with Crippen LogP contribution in [0.15, 0.2) is 15.2 Å². The van der Waals surface area contributed by atoms with Crippen LogP contribution in [0.5, 0.6) is 0 Å². The molecule has 1 saturated heterocycles. The van der Waals surface area contributed by atoms with E-state index in [9.17, 15) is 0 Å². The Labute approximate surface area is 120 Å². The molecular weight excluding hydrogens is 256 g/mol. The van der Waals surface area contributed by atoms with Crippen LogP contribution in [0, 0.1) is 0 Å². The van der Waals surface area contributed by atoms with E-state index in [4.69, 9.17) is 0 Å². The molecule has 1 fully saturated rings. The van der Waals surface area contributed by atoms with Gasteiger partial charge in [0.05, 0.1) is 12.9 Å². The lowest BCUT2D eigenvalue weighted by molar-refractivity contribution is 0.807. The molecule has 0 aromatic heterocycles. The fourth-order valence-corrected chi connectivity index (χ4v) is 1.41. The number of hydrogen-bond acceptors (Lipinski definition) is 8. The summed E-state index contributed by atoms with van der Waals surface area (Å²) in [6.45, 7) is 7.32. The summed E-state index contributed by atoms with van der Waals surface area (Å²) in [5.74, 6) is 0. The minimum absolute atomic E-state index is 0.958. The minimum Gasteiger partial charge on any atom is -0.375 e. The smallest absolute Gasteiger partial charge is 0.0825 e. The van der Waals surface area contributed by atoms with Gasteiger partial charge in [-0.3, -0.25) is 4.99 Å². The zero-order valence-corrected chi connectivity index (χ0v) is 11.9. The predicted octanol–water partition coefficient (Wildman–Crippen LogP) is -1.31. The maximum atomic E-state index is 3.85. The summed E-state index contributed by atoms with van der Waals surface area (Å²) in [5.41, 5.74) is 5.58. The molecule has 0 amide bonds. The van der Waals surface area contributed by atoms with Crippen molar-refractivity contribution in [3.8, 4) is 0 Å². The van der Waals surface area contributed by atoms with Crippen molar-refractivity contribution < 1.29 is 0 Å². The van der Waals surface area contributed by atoms with E-state index in [0.717, 1.165) is 58.8 Å². The van der Waals surface area contributed by atoms with E-state index in [2.05, 4.69) is 42.0 Å². The highest BCUT2D eigenvalue weighted by atomic mass is 15.3. The Hall–Kier alpha value is -1.67. The molecule has 4 rings (SSSR count). The fourth-order valence-electron chi connectivity index (χ4n) is 1.41. The van der Waals surface area contributed by atoms with Crippen molar-refractivity contribution in [2.45, 2.75) is 12.8 Å². The van der Waals surface area contributed by atoms with Crippen LogP contribution in [0.1, 0.15) is 12.8 Å². The Bertz CT molecular complexity index is 222. The quantitative estimate of drug-likeness (QED) is 0.380. The molecule has 0 aromatic carbocycles. The molecule has 4 aliphatic rings. The van der Waals surface area contributed by atoms with Crippen molar-refractivity contribution in [3.63, 3.8) is 0 Å². The monoisotopic (exact) mass is 282 g/mol. The van der Waals surface area contributed by atoms with Crippen LogP contribution in [0.2, 0.25) is 0 Å². The normalized spacial score (nSPS) is 20.4. The van der Waals surface area contributed by atoms with Crippen LogP contribution in [0.25, 0.3) is 0 Å². The van der Waals surface area contributed by atoms with E-state index in [0.29, 0.717) is 0 Å². The summed E-state index contributed by atoms with van der Waals surface area (Å²) in [5, 5.41) is 16.6. The largest absolute Gasteiger partial charge is 0.375 e. The molecule has 0 radical (unpaired) electrons. The van der Waals surface area contributed by atoms with E-state index in [1.807, 2.05) is 12.4 Å². The molecular formula is C12H26N8. The first-order chi connectivity index (χ1) is 10.0. The Morgan fingerprint density at radius 2 is 1.40 bits per heavy atom. The Morgan fingerprint density at radius 1 is 0.750 bits per heavy atom. The second-order valence-corrected chi connectivity index (χ2v) is 4.18. The third-order valence-corrected chi connectivity index (χ3v) is 2.43. The molecule has 20 heavy (non-hydrogen) atoms. The lowest BCUT2D eigenvalue weighted by atomic mass is 10.5. The van der Waals surface area contributed by atoms with Gasteiger partial charge in [0.25, 0.3) is 0 Å². The maximum Gasteiger partial charge on any atom is 0.0825 e. The first kappa shape index (κ1) is 16.4. The van der Waals surface area contributed by atoms with Gasteiger partial charge in [-0.15, -0.1) is 0 Å². The minimum atomic E-state index is 0.958. The van der Waals surface area contributed by atoms with Crippen LogP contribution in [0.3, 0.4) is 0 Å². The van der Waals surface area contributed by atoms with Gasteiger partial charge in [0.1, 0.15) is 0 Å². The van der Waals surface area contributed by atoms with Crippen molar-refractivity contribution in [1.82, 2.24) is 26.8 Å². The summed E-state index contributed by atoms with van der Waals surface area (Å²) in [7, 11) is 0. The molecule has 0 atom stereocenters. The molecule has 5 N–H and O–H groups in total. The topological polar surface area (TPSA) is 97.2 Å². The molecule has 0 bridgehead atoms. The molecule has 114 valence electrons. The summed E-state index contributed by atoms with van der Waals surface area (Å²) >= 11 is 0. The summed E-state index contributed by atoms with van der Waals surface area (Å²) < 4.78 is 0. The maximum absolute atomic E-state index is 3.85. The molecule has 4 aliphatic heterocycles. The predicted molar refractivity (Wildman–Crippen MR) is 84.5 cm³/mol. The van der Waals surface area contributed by atoms with Gasteiger partial charge >= 0.3 is 0 Å². The van der Waals surface area contributed by atoms with Crippen LogP contribution in [-0.2, 0) is 0 Å². The van der Waals surface area contributed by atoms with E-state index >= 15 is 0 Å². The first-order valence-corrected chi connectivity index (χ1v) is 7.12. The highest BCUT2D eigenvalue weighted by molar-refractivity contribution is 5.58. The van der Waals surface area contributed by atoms with Crippen molar-refractivity contribution in [2.24, 2.45) is 15.2 Å². The van der Waals surface area contributed by atoms with Crippen LogP contribution >= 0.6 is 0 Å².